The Bertz CT molecular complexity index is 625. The van der Waals surface area contributed by atoms with Crippen LogP contribution < -0.4 is 5.32 Å². The van der Waals surface area contributed by atoms with E-state index in [4.69, 9.17) is 23.2 Å². The molecule has 2 aromatic rings. The Hall–Kier alpha value is -0.550. The van der Waals surface area contributed by atoms with Crippen molar-refractivity contribution in [3.63, 3.8) is 0 Å². The van der Waals surface area contributed by atoms with Crippen LogP contribution in [0, 0.1) is 6.92 Å². The minimum absolute atomic E-state index is 0.0762. The largest absolute Gasteiger partial charge is 0.313 e. The smallest absolute Gasteiger partial charge is 0.0738 e. The second-order valence-corrected chi connectivity index (χ2v) is 6.24. The summed E-state index contributed by atoms with van der Waals surface area (Å²) in [5.74, 6) is 0. The fourth-order valence-corrected chi connectivity index (χ4v) is 3.19. The van der Waals surface area contributed by atoms with E-state index < -0.39 is 0 Å². The number of aryl methyl sites for hydroxylation is 2. The lowest BCUT2D eigenvalue weighted by atomic mass is 10.0. The Labute approximate surface area is 137 Å². The maximum Gasteiger partial charge on any atom is 0.0738 e. The number of hydrogen-bond donors (Lipinski definition) is 1. The summed E-state index contributed by atoms with van der Waals surface area (Å²) in [6.45, 7) is 1.98. The van der Waals surface area contributed by atoms with Crippen molar-refractivity contribution >= 4 is 39.1 Å². The zero-order chi connectivity index (χ0) is 14.9. The van der Waals surface area contributed by atoms with Crippen molar-refractivity contribution in [2.75, 3.05) is 7.05 Å². The Kier molecular flexibility index (Phi) is 5.13. The fourth-order valence-electron chi connectivity index (χ4n) is 2.25. The van der Waals surface area contributed by atoms with Gasteiger partial charge in [-0.25, -0.2) is 0 Å². The highest BCUT2D eigenvalue weighted by atomic mass is 79.9. The molecule has 0 amide bonds. The molecule has 1 atom stereocenters. The molecule has 2 rings (SSSR count). The van der Waals surface area contributed by atoms with E-state index in [1.54, 1.807) is 6.07 Å². The molecule has 0 fully saturated rings. The first-order valence-electron chi connectivity index (χ1n) is 6.24. The van der Waals surface area contributed by atoms with Gasteiger partial charge in [0.1, 0.15) is 0 Å². The van der Waals surface area contributed by atoms with Gasteiger partial charge in [-0.3, -0.25) is 4.68 Å². The lowest BCUT2D eigenvalue weighted by Gasteiger charge is -2.19. The van der Waals surface area contributed by atoms with Gasteiger partial charge in [0.2, 0.25) is 0 Å². The van der Waals surface area contributed by atoms with E-state index in [2.05, 4.69) is 26.3 Å². The summed E-state index contributed by atoms with van der Waals surface area (Å²) in [5, 5.41) is 8.88. The molecule has 0 radical (unpaired) electrons. The second-order valence-electron chi connectivity index (χ2n) is 4.66. The average molecular weight is 377 g/mol. The zero-order valence-corrected chi connectivity index (χ0v) is 14.6. The van der Waals surface area contributed by atoms with Gasteiger partial charge >= 0.3 is 0 Å². The number of nitrogens with zero attached hydrogens (tertiary/aromatic N) is 2. The molecule has 0 spiro atoms. The first-order chi connectivity index (χ1) is 9.45. The Balaban J connectivity index is 2.36. The summed E-state index contributed by atoms with van der Waals surface area (Å²) >= 11 is 16.0. The maximum atomic E-state index is 6.31. The van der Waals surface area contributed by atoms with Crippen LogP contribution in [-0.2, 0) is 13.5 Å². The first kappa shape index (κ1) is 15.8. The van der Waals surface area contributed by atoms with Crippen molar-refractivity contribution < 1.29 is 0 Å². The number of hydrogen-bond acceptors (Lipinski definition) is 2. The summed E-state index contributed by atoms with van der Waals surface area (Å²) in [4.78, 5) is 0. The van der Waals surface area contributed by atoms with Crippen LogP contribution >= 0.6 is 39.1 Å². The zero-order valence-electron chi connectivity index (χ0n) is 11.5. The van der Waals surface area contributed by atoms with E-state index in [1.165, 1.54) is 0 Å². The van der Waals surface area contributed by atoms with E-state index in [1.807, 2.05) is 37.8 Å². The van der Waals surface area contributed by atoms with Gasteiger partial charge in [0, 0.05) is 19.5 Å². The third-order valence-electron chi connectivity index (χ3n) is 3.36. The summed E-state index contributed by atoms with van der Waals surface area (Å²) in [5.41, 5.74) is 3.10. The monoisotopic (exact) mass is 375 g/mol. The highest BCUT2D eigenvalue weighted by Gasteiger charge is 2.19. The van der Waals surface area contributed by atoms with Crippen LogP contribution in [-0.4, -0.2) is 16.8 Å². The third-order valence-corrected chi connectivity index (χ3v) is 5.23. The Morgan fingerprint density at radius 1 is 1.40 bits per heavy atom. The Morgan fingerprint density at radius 2 is 2.10 bits per heavy atom. The molecule has 0 bridgehead atoms. The second kappa shape index (κ2) is 6.48. The maximum absolute atomic E-state index is 6.31. The van der Waals surface area contributed by atoms with E-state index in [9.17, 15) is 0 Å². The number of likely N-dealkylation sites (N-methyl/N-ethyl adjacent to an activating group) is 1. The molecular formula is C14H16BrCl2N3. The SMILES string of the molecule is CNC(Cc1c(Br)c(C)nn1C)c1cccc(Cl)c1Cl. The lowest BCUT2D eigenvalue weighted by Crippen LogP contribution is -2.20. The highest BCUT2D eigenvalue weighted by Crippen LogP contribution is 2.33. The molecule has 1 aromatic heterocycles. The fraction of sp³-hybridized carbons (Fsp3) is 0.357. The van der Waals surface area contributed by atoms with Crippen LogP contribution in [0.25, 0.3) is 0 Å². The number of aromatic nitrogens is 2. The van der Waals surface area contributed by atoms with Crippen LogP contribution in [0.5, 0.6) is 0 Å². The first-order valence-corrected chi connectivity index (χ1v) is 7.79. The van der Waals surface area contributed by atoms with Crippen LogP contribution in [0.4, 0.5) is 0 Å². The van der Waals surface area contributed by atoms with Crippen LogP contribution in [0.2, 0.25) is 10.0 Å². The van der Waals surface area contributed by atoms with Crippen molar-refractivity contribution in [1.29, 1.82) is 0 Å². The van der Waals surface area contributed by atoms with Gasteiger partial charge < -0.3 is 5.32 Å². The molecule has 1 N–H and O–H groups in total. The lowest BCUT2D eigenvalue weighted by molar-refractivity contribution is 0.560. The van der Waals surface area contributed by atoms with Crippen LogP contribution in [0.3, 0.4) is 0 Å². The number of rotatable bonds is 4. The summed E-state index contributed by atoms with van der Waals surface area (Å²) < 4.78 is 2.93. The van der Waals surface area contributed by atoms with E-state index in [-0.39, 0.29) is 6.04 Å². The van der Waals surface area contributed by atoms with Crippen molar-refractivity contribution in [2.24, 2.45) is 7.05 Å². The molecule has 0 saturated heterocycles. The predicted octanol–water partition coefficient (Wildman–Crippen LogP) is 4.30. The van der Waals surface area contributed by atoms with E-state index >= 15 is 0 Å². The number of halogens is 3. The summed E-state index contributed by atoms with van der Waals surface area (Å²) in [7, 11) is 3.86. The number of benzene rings is 1. The van der Waals surface area contributed by atoms with E-state index in [0.29, 0.717) is 10.0 Å². The predicted molar refractivity (Wildman–Crippen MR) is 87.6 cm³/mol. The standard InChI is InChI=1S/C14H16BrCl2N3/c1-8-13(15)12(20(3)19-8)7-11(18-2)9-5-4-6-10(16)14(9)17/h4-6,11,18H,7H2,1-3H3. The molecule has 6 heteroatoms. The third kappa shape index (κ3) is 3.03. The molecule has 0 aliphatic heterocycles. The molecule has 3 nitrogen and oxygen atoms in total. The van der Waals surface area contributed by atoms with Crippen molar-refractivity contribution in [2.45, 2.75) is 19.4 Å². The minimum atomic E-state index is 0.0762. The van der Waals surface area contributed by atoms with Crippen LogP contribution in [0.15, 0.2) is 22.7 Å². The molecule has 0 saturated carbocycles. The van der Waals surface area contributed by atoms with Gasteiger partial charge in [0.05, 0.1) is 25.9 Å². The minimum Gasteiger partial charge on any atom is -0.313 e. The Morgan fingerprint density at radius 3 is 2.65 bits per heavy atom. The molecule has 1 unspecified atom stereocenters. The van der Waals surface area contributed by atoms with Crippen molar-refractivity contribution in [3.8, 4) is 0 Å². The topological polar surface area (TPSA) is 29.9 Å². The van der Waals surface area contributed by atoms with Gasteiger partial charge in [-0.15, -0.1) is 0 Å². The van der Waals surface area contributed by atoms with Gasteiger partial charge in [0.15, 0.2) is 0 Å². The van der Waals surface area contributed by atoms with Crippen LogP contribution in [0.1, 0.15) is 23.0 Å². The molecule has 0 aliphatic carbocycles. The summed E-state index contributed by atoms with van der Waals surface area (Å²) in [6, 6.07) is 5.78. The average Bonchev–Trinajstić information content (AvgIpc) is 2.65. The molecule has 0 aliphatic rings. The normalized spacial score (nSPS) is 12.7. The van der Waals surface area contributed by atoms with Crippen molar-refractivity contribution in [3.05, 3.63) is 49.7 Å². The molecule has 20 heavy (non-hydrogen) atoms. The van der Waals surface area contributed by atoms with Gasteiger partial charge in [-0.05, 0) is 41.5 Å². The van der Waals surface area contributed by atoms with Gasteiger partial charge in [0.25, 0.3) is 0 Å². The van der Waals surface area contributed by atoms with E-state index in [0.717, 1.165) is 27.8 Å². The summed E-state index contributed by atoms with van der Waals surface area (Å²) in [6.07, 6.45) is 0.772. The molecule has 1 aromatic carbocycles. The molecule has 1 heterocycles. The van der Waals surface area contributed by atoms with Gasteiger partial charge in [-0.2, -0.15) is 5.10 Å². The highest BCUT2D eigenvalue weighted by molar-refractivity contribution is 9.10. The van der Waals surface area contributed by atoms with Crippen molar-refractivity contribution in [1.82, 2.24) is 15.1 Å². The quantitative estimate of drug-likeness (QED) is 0.861. The van der Waals surface area contributed by atoms with Gasteiger partial charge in [-0.1, -0.05) is 35.3 Å². The molecular weight excluding hydrogens is 361 g/mol. The molecule has 108 valence electrons. The number of nitrogens with one attached hydrogen (secondary N) is 1.